The number of rotatable bonds is 6. The highest BCUT2D eigenvalue weighted by atomic mass is 32.2. The van der Waals surface area contributed by atoms with Crippen molar-refractivity contribution in [2.45, 2.75) is 18.6 Å². The third-order valence-corrected chi connectivity index (χ3v) is 3.75. The minimum atomic E-state index is -0.841. The summed E-state index contributed by atoms with van der Waals surface area (Å²) in [4.78, 5) is 15.2. The van der Waals surface area contributed by atoms with Gasteiger partial charge in [0.25, 0.3) is 0 Å². The second-order valence-corrected chi connectivity index (χ2v) is 5.11. The lowest BCUT2D eigenvalue weighted by Gasteiger charge is -2.07. The van der Waals surface area contributed by atoms with Crippen molar-refractivity contribution in [1.82, 2.24) is 9.55 Å². The summed E-state index contributed by atoms with van der Waals surface area (Å²) >= 11 is 1.24. The van der Waals surface area contributed by atoms with Gasteiger partial charge in [0, 0.05) is 13.7 Å². The molecule has 2 aromatic rings. The number of fused-ring (bicyclic) bond motifs is 1. The Hall–Kier alpha value is -1.53. The number of benzene rings is 1. The van der Waals surface area contributed by atoms with Crippen molar-refractivity contribution in [2.24, 2.45) is 0 Å². The normalized spacial score (nSPS) is 11.1. The molecule has 6 heteroatoms. The molecule has 102 valence electrons. The Bertz CT molecular complexity index is 595. The van der Waals surface area contributed by atoms with Crippen molar-refractivity contribution in [3.63, 3.8) is 0 Å². The second kappa shape index (κ2) is 6.08. The highest BCUT2D eigenvalue weighted by Crippen LogP contribution is 2.25. The van der Waals surface area contributed by atoms with E-state index in [4.69, 9.17) is 9.84 Å². The number of aryl methyl sites for hydroxylation is 1. The van der Waals surface area contributed by atoms with Crippen LogP contribution in [-0.2, 0) is 16.1 Å². The van der Waals surface area contributed by atoms with Gasteiger partial charge in [-0.2, -0.15) is 0 Å². The minimum Gasteiger partial charge on any atom is -0.481 e. The number of imidazole rings is 1. The fraction of sp³-hybridized carbons (Fsp3) is 0.385. The number of hydrogen-bond donors (Lipinski definition) is 1. The van der Waals surface area contributed by atoms with Gasteiger partial charge < -0.3 is 14.4 Å². The van der Waals surface area contributed by atoms with Crippen molar-refractivity contribution < 1.29 is 14.6 Å². The Labute approximate surface area is 115 Å². The van der Waals surface area contributed by atoms with Crippen molar-refractivity contribution in [3.8, 4) is 0 Å². The Morgan fingerprint density at radius 2 is 2.32 bits per heavy atom. The summed E-state index contributed by atoms with van der Waals surface area (Å²) in [5.41, 5.74) is 3.03. The number of para-hydroxylation sites is 1. The van der Waals surface area contributed by atoms with E-state index in [2.05, 4.69) is 4.98 Å². The first-order valence-electron chi connectivity index (χ1n) is 5.93. The quantitative estimate of drug-likeness (QED) is 0.822. The highest BCUT2D eigenvalue weighted by molar-refractivity contribution is 7.99. The van der Waals surface area contributed by atoms with E-state index >= 15 is 0 Å². The van der Waals surface area contributed by atoms with Crippen LogP contribution in [0.1, 0.15) is 5.56 Å². The molecule has 0 saturated carbocycles. The van der Waals surface area contributed by atoms with Crippen molar-refractivity contribution in [3.05, 3.63) is 23.8 Å². The zero-order valence-corrected chi connectivity index (χ0v) is 11.7. The molecule has 0 aliphatic heterocycles. The van der Waals surface area contributed by atoms with Gasteiger partial charge in [0.15, 0.2) is 5.16 Å². The highest BCUT2D eigenvalue weighted by Gasteiger charge is 2.13. The number of carboxylic acids is 1. The Morgan fingerprint density at radius 1 is 1.53 bits per heavy atom. The van der Waals surface area contributed by atoms with Gasteiger partial charge in [-0.05, 0) is 18.6 Å². The van der Waals surface area contributed by atoms with Gasteiger partial charge in [0.05, 0.1) is 23.4 Å². The molecular weight excluding hydrogens is 264 g/mol. The molecule has 5 nitrogen and oxygen atoms in total. The van der Waals surface area contributed by atoms with Crippen molar-refractivity contribution in [2.75, 3.05) is 19.5 Å². The van der Waals surface area contributed by atoms with Crippen LogP contribution >= 0.6 is 11.8 Å². The molecule has 0 fully saturated rings. The largest absolute Gasteiger partial charge is 0.481 e. The van der Waals surface area contributed by atoms with E-state index in [1.54, 1.807) is 7.11 Å². The number of ether oxygens (including phenoxy) is 1. The van der Waals surface area contributed by atoms with Gasteiger partial charge in [-0.1, -0.05) is 23.9 Å². The molecule has 0 bridgehead atoms. The summed E-state index contributed by atoms with van der Waals surface area (Å²) in [7, 11) is 1.65. The molecule has 0 amide bonds. The van der Waals surface area contributed by atoms with Gasteiger partial charge >= 0.3 is 5.97 Å². The summed E-state index contributed by atoms with van der Waals surface area (Å²) in [6, 6.07) is 5.98. The van der Waals surface area contributed by atoms with E-state index in [0.717, 1.165) is 21.8 Å². The van der Waals surface area contributed by atoms with Crippen molar-refractivity contribution >= 4 is 28.8 Å². The van der Waals surface area contributed by atoms with Crippen LogP contribution in [0.25, 0.3) is 11.0 Å². The van der Waals surface area contributed by atoms with E-state index in [1.165, 1.54) is 11.8 Å². The molecule has 1 aromatic carbocycles. The average molecular weight is 280 g/mol. The molecule has 0 aliphatic rings. The van der Waals surface area contributed by atoms with Crippen LogP contribution in [0.15, 0.2) is 23.4 Å². The van der Waals surface area contributed by atoms with Gasteiger partial charge in [-0.25, -0.2) is 4.98 Å². The number of carboxylic acid groups (broad SMARTS) is 1. The standard InChI is InChI=1S/C13H16N2O3S/c1-9-4-3-5-10-12(9)14-13(19-8-11(16)17)15(10)6-7-18-2/h3-5H,6-8H2,1-2H3,(H,16,17). The smallest absolute Gasteiger partial charge is 0.313 e. The molecule has 19 heavy (non-hydrogen) atoms. The lowest BCUT2D eigenvalue weighted by Crippen LogP contribution is -2.07. The van der Waals surface area contributed by atoms with E-state index in [9.17, 15) is 4.79 Å². The van der Waals surface area contributed by atoms with Crippen LogP contribution < -0.4 is 0 Å². The number of aliphatic carboxylic acids is 1. The van der Waals surface area contributed by atoms with Gasteiger partial charge in [-0.15, -0.1) is 0 Å². The maximum Gasteiger partial charge on any atom is 0.313 e. The zero-order chi connectivity index (χ0) is 13.8. The number of aromatic nitrogens is 2. The molecule has 1 heterocycles. The summed E-state index contributed by atoms with van der Waals surface area (Å²) in [6.45, 7) is 3.24. The van der Waals surface area contributed by atoms with E-state index < -0.39 is 5.97 Å². The molecule has 0 saturated heterocycles. The summed E-state index contributed by atoms with van der Waals surface area (Å²) in [5.74, 6) is -0.831. The molecule has 0 radical (unpaired) electrons. The first kappa shape index (κ1) is 13.9. The lowest BCUT2D eigenvalue weighted by atomic mass is 10.2. The van der Waals surface area contributed by atoms with E-state index in [1.807, 2.05) is 29.7 Å². The van der Waals surface area contributed by atoms with Crippen LogP contribution in [0.2, 0.25) is 0 Å². The SMILES string of the molecule is COCCn1c(SCC(=O)O)nc2c(C)cccc21. The number of thioether (sulfide) groups is 1. The van der Waals surface area contributed by atoms with Crippen molar-refractivity contribution in [1.29, 1.82) is 0 Å². The van der Waals surface area contributed by atoms with E-state index in [-0.39, 0.29) is 5.75 Å². The third kappa shape index (κ3) is 3.08. The lowest BCUT2D eigenvalue weighted by molar-refractivity contribution is -0.133. The fourth-order valence-corrected chi connectivity index (χ4v) is 2.65. The Balaban J connectivity index is 2.41. The maximum atomic E-state index is 10.7. The van der Waals surface area contributed by atoms with Crippen LogP contribution in [0, 0.1) is 6.92 Å². The Kier molecular flexibility index (Phi) is 4.44. The summed E-state index contributed by atoms with van der Waals surface area (Å²) in [6.07, 6.45) is 0. The first-order valence-corrected chi connectivity index (χ1v) is 6.91. The van der Waals surface area contributed by atoms with E-state index in [0.29, 0.717) is 13.2 Å². The molecular formula is C13H16N2O3S. The maximum absolute atomic E-state index is 10.7. The predicted molar refractivity (Wildman–Crippen MR) is 74.7 cm³/mol. The Morgan fingerprint density at radius 3 is 3.00 bits per heavy atom. The number of nitrogens with zero attached hydrogens (tertiary/aromatic N) is 2. The van der Waals surface area contributed by atoms with Crippen LogP contribution in [0.4, 0.5) is 0 Å². The molecule has 0 unspecified atom stereocenters. The monoisotopic (exact) mass is 280 g/mol. The number of methoxy groups -OCH3 is 1. The summed E-state index contributed by atoms with van der Waals surface area (Å²) in [5, 5.41) is 9.51. The van der Waals surface area contributed by atoms with Gasteiger partial charge in [0.1, 0.15) is 0 Å². The fourth-order valence-electron chi connectivity index (χ4n) is 1.90. The van der Waals surface area contributed by atoms with Crippen LogP contribution in [-0.4, -0.2) is 40.1 Å². The topological polar surface area (TPSA) is 64.3 Å². The van der Waals surface area contributed by atoms with Crippen LogP contribution in [0.5, 0.6) is 0 Å². The van der Waals surface area contributed by atoms with Crippen LogP contribution in [0.3, 0.4) is 0 Å². The number of hydrogen-bond acceptors (Lipinski definition) is 4. The van der Waals surface area contributed by atoms with Gasteiger partial charge in [-0.3, -0.25) is 4.79 Å². The zero-order valence-electron chi connectivity index (χ0n) is 10.9. The van der Waals surface area contributed by atoms with Gasteiger partial charge in [0.2, 0.25) is 0 Å². The summed E-state index contributed by atoms with van der Waals surface area (Å²) < 4.78 is 7.11. The number of carbonyl (C=O) groups is 1. The molecule has 0 aliphatic carbocycles. The predicted octanol–water partition coefficient (Wildman–Crippen LogP) is 2.17. The minimum absolute atomic E-state index is 0.00928. The third-order valence-electron chi connectivity index (χ3n) is 2.79. The first-order chi connectivity index (χ1) is 9.13. The molecule has 0 spiro atoms. The molecule has 1 aromatic heterocycles. The molecule has 0 atom stereocenters. The second-order valence-electron chi connectivity index (χ2n) is 4.16. The molecule has 1 N–H and O–H groups in total. The molecule has 2 rings (SSSR count). The average Bonchev–Trinajstić information content (AvgIpc) is 2.73.